The fourth-order valence-corrected chi connectivity index (χ4v) is 0.590. The molecule has 0 aromatic heterocycles. The average Bonchev–Trinajstić information content (AvgIpc) is 1.98. The predicted molar refractivity (Wildman–Crippen MR) is 49.2 cm³/mol. The lowest BCUT2D eigenvalue weighted by molar-refractivity contribution is 0.682. The Morgan fingerprint density at radius 3 is 2.45 bits per heavy atom. The fourth-order valence-electron chi connectivity index (χ4n) is 0.342. The van der Waals surface area contributed by atoms with Crippen LogP contribution < -0.4 is 0 Å². The van der Waals surface area contributed by atoms with E-state index in [1.54, 1.807) is 13.2 Å². The van der Waals surface area contributed by atoms with Gasteiger partial charge in [-0.1, -0.05) is 0 Å². The van der Waals surface area contributed by atoms with E-state index in [1.807, 2.05) is 0 Å². The number of hydrogen-bond acceptors (Lipinski definition) is 2. The molecule has 1 N–H and O–H groups in total. The molecular formula is C7H11FN2S. The fraction of sp³-hybridized carbons (Fsp3) is 0.429. The van der Waals surface area contributed by atoms with Gasteiger partial charge in [0.1, 0.15) is 5.84 Å². The second-order valence-corrected chi connectivity index (χ2v) is 2.97. The molecule has 0 amide bonds. The van der Waals surface area contributed by atoms with Crippen LogP contribution in [0.15, 0.2) is 15.7 Å². The molecule has 0 spiro atoms. The van der Waals surface area contributed by atoms with Crippen LogP contribution in [0.25, 0.3) is 0 Å². The SMILES string of the molecule is CS/C(C)=C(\F)C=NC(C)=N. The number of amidine groups is 1. The van der Waals surface area contributed by atoms with Crippen LogP contribution in [0.2, 0.25) is 0 Å². The highest BCUT2D eigenvalue weighted by atomic mass is 32.2. The van der Waals surface area contributed by atoms with Crippen molar-refractivity contribution in [2.45, 2.75) is 13.8 Å². The minimum atomic E-state index is -0.371. The minimum Gasteiger partial charge on any atom is -0.287 e. The summed E-state index contributed by atoms with van der Waals surface area (Å²) in [4.78, 5) is 4.08. The Morgan fingerprint density at radius 1 is 1.55 bits per heavy atom. The van der Waals surface area contributed by atoms with Crippen LogP contribution in [0.3, 0.4) is 0 Å². The topological polar surface area (TPSA) is 36.2 Å². The Kier molecular flexibility index (Phi) is 4.77. The van der Waals surface area contributed by atoms with Crippen LogP contribution in [-0.4, -0.2) is 18.3 Å². The third kappa shape index (κ3) is 4.72. The maximum atomic E-state index is 12.8. The van der Waals surface area contributed by atoms with Crippen molar-refractivity contribution >= 4 is 23.8 Å². The Balaban J connectivity index is 4.26. The molecule has 0 radical (unpaired) electrons. The highest BCUT2D eigenvalue weighted by molar-refractivity contribution is 8.02. The smallest absolute Gasteiger partial charge is 0.150 e. The lowest BCUT2D eigenvalue weighted by Gasteiger charge is -1.93. The molecule has 0 aromatic carbocycles. The zero-order valence-electron chi connectivity index (χ0n) is 6.81. The van der Waals surface area contributed by atoms with E-state index in [1.165, 1.54) is 18.7 Å². The van der Waals surface area contributed by atoms with Crippen LogP contribution in [0, 0.1) is 5.41 Å². The first kappa shape index (κ1) is 10.4. The maximum Gasteiger partial charge on any atom is 0.150 e. The van der Waals surface area contributed by atoms with E-state index in [0.29, 0.717) is 4.91 Å². The van der Waals surface area contributed by atoms with Gasteiger partial charge in [0.05, 0.1) is 6.21 Å². The summed E-state index contributed by atoms with van der Waals surface area (Å²) in [5, 5.41) is 6.89. The van der Waals surface area contributed by atoms with Crippen LogP contribution in [0.1, 0.15) is 13.8 Å². The van der Waals surface area contributed by atoms with Crippen LogP contribution in [-0.2, 0) is 0 Å². The summed E-state index contributed by atoms with van der Waals surface area (Å²) in [5.74, 6) is -0.266. The van der Waals surface area contributed by atoms with Crippen molar-refractivity contribution in [2.75, 3.05) is 6.26 Å². The molecule has 0 heterocycles. The summed E-state index contributed by atoms with van der Waals surface area (Å²) in [6.07, 6.45) is 2.86. The predicted octanol–water partition coefficient (Wildman–Crippen LogP) is 2.62. The van der Waals surface area contributed by atoms with Crippen molar-refractivity contribution < 1.29 is 4.39 Å². The number of rotatable bonds is 2. The Hall–Kier alpha value is -0.640. The first-order valence-electron chi connectivity index (χ1n) is 3.07. The van der Waals surface area contributed by atoms with Crippen LogP contribution in [0.4, 0.5) is 4.39 Å². The summed E-state index contributed by atoms with van der Waals surface area (Å²) >= 11 is 1.33. The number of allylic oxidation sites excluding steroid dienone is 2. The van der Waals surface area contributed by atoms with Crippen molar-refractivity contribution in [3.05, 3.63) is 10.7 Å². The Morgan fingerprint density at radius 2 is 2.09 bits per heavy atom. The van der Waals surface area contributed by atoms with Crippen molar-refractivity contribution in [3.63, 3.8) is 0 Å². The first-order chi connectivity index (χ1) is 5.07. The molecule has 0 fully saturated rings. The zero-order chi connectivity index (χ0) is 8.85. The van der Waals surface area contributed by atoms with Gasteiger partial charge >= 0.3 is 0 Å². The normalized spacial score (nSPS) is 13.5. The largest absolute Gasteiger partial charge is 0.287 e. The highest BCUT2D eigenvalue weighted by Gasteiger charge is 1.95. The van der Waals surface area contributed by atoms with Gasteiger partial charge in [-0.05, 0) is 20.1 Å². The van der Waals surface area contributed by atoms with E-state index in [0.717, 1.165) is 6.21 Å². The molecule has 4 heteroatoms. The number of nitrogens with one attached hydrogen (secondary N) is 1. The van der Waals surface area contributed by atoms with E-state index in [-0.39, 0.29) is 11.7 Å². The van der Waals surface area contributed by atoms with Gasteiger partial charge < -0.3 is 0 Å². The van der Waals surface area contributed by atoms with Crippen molar-refractivity contribution in [1.82, 2.24) is 0 Å². The first-order valence-corrected chi connectivity index (χ1v) is 4.30. The molecule has 2 nitrogen and oxygen atoms in total. The standard InChI is InChI=1S/C7H11FN2S/c1-5(11-3)7(8)4-10-6(2)9/h4,9H,1-3H3/b7-5-,9-6?,10-4?. The van der Waals surface area contributed by atoms with Gasteiger partial charge in [0.25, 0.3) is 0 Å². The third-order valence-electron chi connectivity index (χ3n) is 1.01. The van der Waals surface area contributed by atoms with Gasteiger partial charge in [-0.25, -0.2) is 9.38 Å². The van der Waals surface area contributed by atoms with Crippen LogP contribution >= 0.6 is 11.8 Å². The number of hydrogen-bond donors (Lipinski definition) is 1. The van der Waals surface area contributed by atoms with Gasteiger partial charge in [0, 0.05) is 4.91 Å². The molecular weight excluding hydrogens is 163 g/mol. The van der Waals surface area contributed by atoms with Gasteiger partial charge in [0.2, 0.25) is 0 Å². The molecule has 0 saturated heterocycles. The number of thioether (sulfide) groups is 1. The molecule has 0 saturated carbocycles. The molecule has 0 aliphatic rings. The molecule has 62 valence electrons. The molecule has 0 rings (SSSR count). The monoisotopic (exact) mass is 174 g/mol. The second-order valence-electron chi connectivity index (χ2n) is 1.95. The third-order valence-corrected chi connectivity index (χ3v) is 1.82. The molecule has 11 heavy (non-hydrogen) atoms. The Bertz CT molecular complexity index is 208. The molecule has 0 unspecified atom stereocenters. The molecule has 0 aromatic rings. The van der Waals surface area contributed by atoms with Gasteiger partial charge in [-0.15, -0.1) is 11.8 Å². The van der Waals surface area contributed by atoms with Crippen molar-refractivity contribution in [2.24, 2.45) is 4.99 Å². The van der Waals surface area contributed by atoms with Gasteiger partial charge in [-0.2, -0.15) is 0 Å². The van der Waals surface area contributed by atoms with Crippen molar-refractivity contribution in [3.8, 4) is 0 Å². The maximum absolute atomic E-state index is 12.8. The molecule has 0 bridgehead atoms. The summed E-state index contributed by atoms with van der Waals surface area (Å²) in [6.45, 7) is 3.17. The average molecular weight is 174 g/mol. The molecule has 0 aliphatic heterocycles. The van der Waals surface area contributed by atoms with Crippen LogP contribution in [0.5, 0.6) is 0 Å². The lowest BCUT2D eigenvalue weighted by atomic mass is 10.5. The second kappa shape index (κ2) is 5.07. The summed E-state index contributed by atoms with van der Waals surface area (Å²) in [6, 6.07) is 0. The van der Waals surface area contributed by atoms with Gasteiger partial charge in [-0.3, -0.25) is 5.41 Å². The van der Waals surface area contributed by atoms with E-state index < -0.39 is 0 Å². The number of halogens is 1. The Labute approximate surface area is 70.1 Å². The summed E-state index contributed by atoms with van der Waals surface area (Å²) in [5.41, 5.74) is 0. The molecule has 0 aliphatic carbocycles. The van der Waals surface area contributed by atoms with E-state index in [4.69, 9.17) is 5.41 Å². The summed E-state index contributed by atoms with van der Waals surface area (Å²) in [7, 11) is 0. The van der Waals surface area contributed by atoms with E-state index in [9.17, 15) is 4.39 Å². The minimum absolute atomic E-state index is 0.106. The highest BCUT2D eigenvalue weighted by Crippen LogP contribution is 2.14. The van der Waals surface area contributed by atoms with Crippen molar-refractivity contribution in [1.29, 1.82) is 5.41 Å². The van der Waals surface area contributed by atoms with Gasteiger partial charge in [0.15, 0.2) is 5.83 Å². The zero-order valence-corrected chi connectivity index (χ0v) is 7.63. The molecule has 0 atom stereocenters. The van der Waals surface area contributed by atoms with E-state index in [2.05, 4.69) is 4.99 Å². The quantitative estimate of drug-likeness (QED) is 0.507. The number of aliphatic imine (C=N–C) groups is 1. The number of nitrogens with zero attached hydrogens (tertiary/aromatic N) is 1. The lowest BCUT2D eigenvalue weighted by Crippen LogP contribution is -1.85. The summed E-state index contributed by atoms with van der Waals surface area (Å²) < 4.78 is 12.8. The van der Waals surface area contributed by atoms with E-state index >= 15 is 0 Å².